The Bertz CT molecular complexity index is 407. The van der Waals surface area contributed by atoms with Gasteiger partial charge in [-0.05, 0) is 39.8 Å². The summed E-state index contributed by atoms with van der Waals surface area (Å²) >= 11 is 0. The quantitative estimate of drug-likeness (QED) is 0.788. The van der Waals surface area contributed by atoms with Crippen LogP contribution in [0.1, 0.15) is 30.3 Å². The molecule has 0 aromatic carbocycles. The van der Waals surface area contributed by atoms with E-state index in [9.17, 15) is 4.79 Å². The molecule has 4 nitrogen and oxygen atoms in total. The van der Waals surface area contributed by atoms with Gasteiger partial charge in [-0.15, -0.1) is 0 Å². The third-order valence-corrected chi connectivity index (χ3v) is 2.81. The average Bonchev–Trinajstić information content (AvgIpc) is 3.01. The summed E-state index contributed by atoms with van der Waals surface area (Å²) in [4.78, 5) is 16.4. The zero-order valence-electron chi connectivity index (χ0n) is 9.29. The van der Waals surface area contributed by atoms with Gasteiger partial charge in [-0.3, -0.25) is 9.36 Å². The van der Waals surface area contributed by atoms with E-state index >= 15 is 0 Å². The monoisotopic (exact) mass is 207 g/mol. The Kier molecular flexibility index (Phi) is 2.86. The lowest BCUT2D eigenvalue weighted by Gasteiger charge is -2.09. The SMILES string of the molecule is CNCCc1cnc(C)n(C2CC2)c1=O. The molecule has 1 aliphatic carbocycles. The van der Waals surface area contributed by atoms with Crippen molar-refractivity contribution in [2.24, 2.45) is 0 Å². The molecule has 1 saturated carbocycles. The van der Waals surface area contributed by atoms with Crippen LogP contribution in [-0.2, 0) is 6.42 Å². The first-order valence-corrected chi connectivity index (χ1v) is 5.45. The van der Waals surface area contributed by atoms with Crippen molar-refractivity contribution < 1.29 is 0 Å². The van der Waals surface area contributed by atoms with E-state index < -0.39 is 0 Å². The molecule has 0 unspecified atom stereocenters. The molecule has 0 radical (unpaired) electrons. The predicted octanol–water partition coefficient (Wildman–Crippen LogP) is 0.649. The molecule has 0 atom stereocenters. The highest BCUT2D eigenvalue weighted by molar-refractivity contribution is 5.10. The van der Waals surface area contributed by atoms with E-state index in [4.69, 9.17) is 0 Å². The van der Waals surface area contributed by atoms with Gasteiger partial charge in [-0.2, -0.15) is 0 Å². The second-order valence-electron chi connectivity index (χ2n) is 4.09. The summed E-state index contributed by atoms with van der Waals surface area (Å²) in [5.74, 6) is 0.843. The van der Waals surface area contributed by atoms with Crippen molar-refractivity contribution in [1.29, 1.82) is 0 Å². The van der Waals surface area contributed by atoms with E-state index in [1.807, 2.05) is 18.5 Å². The molecule has 15 heavy (non-hydrogen) atoms. The summed E-state index contributed by atoms with van der Waals surface area (Å²) < 4.78 is 1.85. The minimum Gasteiger partial charge on any atom is -0.319 e. The number of nitrogens with zero attached hydrogens (tertiary/aromatic N) is 2. The van der Waals surface area contributed by atoms with Crippen molar-refractivity contribution in [1.82, 2.24) is 14.9 Å². The fourth-order valence-electron chi connectivity index (χ4n) is 1.78. The van der Waals surface area contributed by atoms with Gasteiger partial charge in [0.1, 0.15) is 5.82 Å². The molecular formula is C11H17N3O. The Balaban J connectivity index is 2.32. The molecule has 4 heteroatoms. The lowest BCUT2D eigenvalue weighted by atomic mass is 10.2. The highest BCUT2D eigenvalue weighted by atomic mass is 16.1. The molecule has 1 aromatic heterocycles. The molecule has 0 bridgehead atoms. The molecule has 82 valence electrons. The summed E-state index contributed by atoms with van der Waals surface area (Å²) in [5, 5.41) is 3.05. The van der Waals surface area contributed by atoms with Gasteiger partial charge in [-0.1, -0.05) is 0 Å². The Morgan fingerprint density at radius 3 is 2.93 bits per heavy atom. The highest BCUT2D eigenvalue weighted by Gasteiger charge is 2.26. The predicted molar refractivity (Wildman–Crippen MR) is 59.1 cm³/mol. The van der Waals surface area contributed by atoms with E-state index in [1.165, 1.54) is 0 Å². The van der Waals surface area contributed by atoms with Crippen LogP contribution in [0.3, 0.4) is 0 Å². The normalized spacial score (nSPS) is 15.6. The van der Waals surface area contributed by atoms with Crippen molar-refractivity contribution in [2.45, 2.75) is 32.2 Å². The van der Waals surface area contributed by atoms with Gasteiger partial charge >= 0.3 is 0 Å². The van der Waals surface area contributed by atoms with Crippen LogP contribution in [-0.4, -0.2) is 23.1 Å². The van der Waals surface area contributed by atoms with Gasteiger partial charge in [0.2, 0.25) is 0 Å². The highest BCUT2D eigenvalue weighted by Crippen LogP contribution is 2.33. The first kappa shape index (κ1) is 10.4. The maximum Gasteiger partial charge on any atom is 0.256 e. The van der Waals surface area contributed by atoms with E-state index in [1.54, 1.807) is 6.20 Å². The molecular weight excluding hydrogens is 190 g/mol. The van der Waals surface area contributed by atoms with Crippen LogP contribution in [0.5, 0.6) is 0 Å². The second-order valence-corrected chi connectivity index (χ2v) is 4.09. The minimum atomic E-state index is 0.153. The number of hydrogen-bond donors (Lipinski definition) is 1. The first-order chi connectivity index (χ1) is 7.24. The molecule has 1 aromatic rings. The smallest absolute Gasteiger partial charge is 0.256 e. The number of hydrogen-bond acceptors (Lipinski definition) is 3. The largest absolute Gasteiger partial charge is 0.319 e. The fraction of sp³-hybridized carbons (Fsp3) is 0.636. The van der Waals surface area contributed by atoms with Crippen molar-refractivity contribution in [3.05, 3.63) is 27.9 Å². The molecule has 0 spiro atoms. The van der Waals surface area contributed by atoms with Gasteiger partial charge in [-0.25, -0.2) is 4.98 Å². The van der Waals surface area contributed by atoms with Gasteiger partial charge in [0.05, 0.1) is 0 Å². The summed E-state index contributed by atoms with van der Waals surface area (Å²) in [5.41, 5.74) is 0.974. The van der Waals surface area contributed by atoms with Crippen LogP contribution in [0.2, 0.25) is 0 Å². The lowest BCUT2D eigenvalue weighted by molar-refractivity contribution is 0.640. The number of likely N-dealkylation sites (N-methyl/N-ethyl adjacent to an activating group) is 1. The molecule has 0 saturated heterocycles. The van der Waals surface area contributed by atoms with Gasteiger partial charge in [0, 0.05) is 17.8 Å². The zero-order valence-corrected chi connectivity index (χ0v) is 9.29. The standard InChI is InChI=1S/C11H17N3O/c1-8-13-7-9(5-6-12-2)11(15)14(8)10-3-4-10/h7,10,12H,3-6H2,1-2H3. The van der Waals surface area contributed by atoms with Crippen molar-refractivity contribution in [3.8, 4) is 0 Å². The van der Waals surface area contributed by atoms with Gasteiger partial charge in [0.25, 0.3) is 5.56 Å². The topological polar surface area (TPSA) is 46.9 Å². The summed E-state index contributed by atoms with van der Waals surface area (Å²) in [6.45, 7) is 2.73. The summed E-state index contributed by atoms with van der Waals surface area (Å²) in [6.07, 6.45) is 4.72. The maximum absolute atomic E-state index is 12.1. The minimum absolute atomic E-state index is 0.153. The maximum atomic E-state index is 12.1. The average molecular weight is 207 g/mol. The number of aromatic nitrogens is 2. The first-order valence-electron chi connectivity index (χ1n) is 5.45. The van der Waals surface area contributed by atoms with E-state index in [-0.39, 0.29) is 5.56 Å². The molecule has 1 heterocycles. The summed E-state index contributed by atoms with van der Waals surface area (Å²) in [6, 6.07) is 0.416. The molecule has 2 rings (SSSR count). The Labute approximate surface area is 89.3 Å². The number of aryl methyl sites for hydroxylation is 1. The third-order valence-electron chi connectivity index (χ3n) is 2.81. The van der Waals surface area contributed by atoms with Crippen LogP contribution in [0, 0.1) is 6.92 Å². The molecule has 1 N–H and O–H groups in total. The zero-order chi connectivity index (χ0) is 10.8. The molecule has 0 amide bonds. The summed E-state index contributed by atoms with van der Waals surface area (Å²) in [7, 11) is 1.89. The Morgan fingerprint density at radius 1 is 1.60 bits per heavy atom. The van der Waals surface area contributed by atoms with Crippen LogP contribution in [0.15, 0.2) is 11.0 Å². The second kappa shape index (κ2) is 4.14. The fourth-order valence-corrected chi connectivity index (χ4v) is 1.78. The molecule has 1 aliphatic rings. The van der Waals surface area contributed by atoms with Crippen molar-refractivity contribution in [2.75, 3.05) is 13.6 Å². The van der Waals surface area contributed by atoms with Crippen molar-refractivity contribution in [3.63, 3.8) is 0 Å². The van der Waals surface area contributed by atoms with E-state index in [0.29, 0.717) is 6.04 Å². The van der Waals surface area contributed by atoms with E-state index in [0.717, 1.165) is 37.2 Å². The van der Waals surface area contributed by atoms with Crippen molar-refractivity contribution >= 4 is 0 Å². The molecule has 1 fully saturated rings. The van der Waals surface area contributed by atoms with Gasteiger partial charge < -0.3 is 5.32 Å². The Hall–Kier alpha value is -1.16. The van der Waals surface area contributed by atoms with Crippen LogP contribution >= 0.6 is 0 Å². The number of nitrogens with one attached hydrogen (secondary N) is 1. The van der Waals surface area contributed by atoms with Crippen LogP contribution in [0.4, 0.5) is 0 Å². The number of rotatable bonds is 4. The van der Waals surface area contributed by atoms with Gasteiger partial charge in [0.15, 0.2) is 0 Å². The Morgan fingerprint density at radius 2 is 2.33 bits per heavy atom. The van der Waals surface area contributed by atoms with E-state index in [2.05, 4.69) is 10.3 Å². The van der Waals surface area contributed by atoms with Crippen LogP contribution in [0.25, 0.3) is 0 Å². The third kappa shape index (κ3) is 2.09. The van der Waals surface area contributed by atoms with Crippen LogP contribution < -0.4 is 10.9 Å². The lowest BCUT2D eigenvalue weighted by Crippen LogP contribution is -2.27. The molecule has 0 aliphatic heterocycles.